The van der Waals surface area contributed by atoms with Crippen LogP contribution in [-0.4, -0.2) is 71.8 Å². The number of pyridine rings is 1. The zero-order chi connectivity index (χ0) is 31.3. The summed E-state index contributed by atoms with van der Waals surface area (Å²) in [6.45, 7) is 5.44. The fourth-order valence-corrected chi connectivity index (χ4v) is 6.77. The van der Waals surface area contributed by atoms with Crippen molar-refractivity contribution in [2.24, 2.45) is 0 Å². The average molecular weight is 619 g/mol. The molecule has 228 valence electrons. The van der Waals surface area contributed by atoms with Gasteiger partial charge in [0.25, 0.3) is 5.91 Å². The van der Waals surface area contributed by atoms with E-state index in [0.717, 1.165) is 5.56 Å². The van der Waals surface area contributed by atoms with Crippen molar-refractivity contribution in [1.29, 1.82) is 5.26 Å². The molecular weight excluding hydrogens is 586 g/mol. The van der Waals surface area contributed by atoms with E-state index in [9.17, 15) is 19.6 Å². The Bertz CT molecular complexity index is 1790. The van der Waals surface area contributed by atoms with E-state index in [1.54, 1.807) is 37.9 Å². The maximum atomic E-state index is 15.9. The molecule has 12 heteroatoms. The Morgan fingerprint density at radius 3 is 2.52 bits per heavy atom. The normalized spacial score (nSPS) is 16.7. The molecule has 9 nitrogen and oxygen atoms in total. The van der Waals surface area contributed by atoms with Crippen molar-refractivity contribution in [3.63, 3.8) is 0 Å². The highest BCUT2D eigenvalue weighted by molar-refractivity contribution is 7.16. The SMILES string of the molecule is COC(C)(C)C(=O)N1CCN(c2cc(F)c3nc4c(c(N(C)c5nc(-c6ccc(F)cc6)c(C#N)s5)c3c2)CCC4O)CC1. The van der Waals surface area contributed by atoms with Crippen LogP contribution in [0, 0.1) is 23.0 Å². The van der Waals surface area contributed by atoms with Gasteiger partial charge in [-0.25, -0.2) is 18.7 Å². The van der Waals surface area contributed by atoms with E-state index in [1.165, 1.54) is 36.6 Å². The zero-order valence-corrected chi connectivity index (χ0v) is 25.7. The number of nitrogens with zero attached hydrogens (tertiary/aromatic N) is 6. The molecule has 2 aliphatic rings. The Hall–Kier alpha value is -4.18. The molecule has 3 heterocycles. The average Bonchev–Trinajstić information content (AvgIpc) is 3.63. The van der Waals surface area contributed by atoms with Gasteiger partial charge < -0.3 is 24.5 Å². The van der Waals surface area contributed by atoms with Gasteiger partial charge in [0, 0.05) is 62.5 Å². The van der Waals surface area contributed by atoms with Crippen LogP contribution in [-0.2, 0) is 16.0 Å². The number of methoxy groups -OCH3 is 1. The van der Waals surface area contributed by atoms with Gasteiger partial charge >= 0.3 is 0 Å². The third-order valence-corrected chi connectivity index (χ3v) is 9.57. The monoisotopic (exact) mass is 618 g/mol. The van der Waals surface area contributed by atoms with Gasteiger partial charge in [-0.1, -0.05) is 11.3 Å². The number of hydrogen-bond acceptors (Lipinski definition) is 9. The number of halogens is 2. The third kappa shape index (κ3) is 5.15. The number of thiazole rings is 1. The van der Waals surface area contributed by atoms with Gasteiger partial charge in [-0.15, -0.1) is 0 Å². The van der Waals surface area contributed by atoms with E-state index in [1.807, 2.05) is 15.9 Å². The zero-order valence-electron chi connectivity index (χ0n) is 24.9. The lowest BCUT2D eigenvalue weighted by molar-refractivity contribution is -0.151. The molecule has 0 saturated carbocycles. The van der Waals surface area contributed by atoms with Crippen LogP contribution in [0.4, 0.5) is 25.3 Å². The molecule has 1 N–H and O–H groups in total. The first kappa shape index (κ1) is 29.9. The molecule has 1 atom stereocenters. The van der Waals surface area contributed by atoms with Crippen molar-refractivity contribution in [2.75, 3.05) is 50.1 Å². The van der Waals surface area contributed by atoms with Gasteiger partial charge in [0.05, 0.1) is 17.5 Å². The second kappa shape index (κ2) is 11.4. The van der Waals surface area contributed by atoms with E-state index in [4.69, 9.17) is 9.72 Å². The Balaban J connectivity index is 1.41. The predicted molar refractivity (Wildman–Crippen MR) is 165 cm³/mol. The second-order valence-corrected chi connectivity index (χ2v) is 12.5. The number of amides is 1. The van der Waals surface area contributed by atoms with Gasteiger partial charge in [0.2, 0.25) is 0 Å². The largest absolute Gasteiger partial charge is 0.387 e. The summed E-state index contributed by atoms with van der Waals surface area (Å²) in [4.78, 5) is 28.3. The number of aromatic nitrogens is 2. The summed E-state index contributed by atoms with van der Waals surface area (Å²) in [5, 5.41) is 21.7. The quantitative estimate of drug-likeness (QED) is 0.309. The van der Waals surface area contributed by atoms with E-state index >= 15 is 4.39 Å². The molecule has 2 aromatic carbocycles. The lowest BCUT2D eigenvalue weighted by Crippen LogP contribution is -2.54. The third-order valence-electron chi connectivity index (χ3n) is 8.53. The molecule has 1 fully saturated rings. The number of aliphatic hydroxyl groups is 1. The summed E-state index contributed by atoms with van der Waals surface area (Å²) in [5.41, 5.74) is 2.83. The summed E-state index contributed by atoms with van der Waals surface area (Å²) in [7, 11) is 3.32. The maximum Gasteiger partial charge on any atom is 0.254 e. The molecule has 4 aromatic rings. The maximum absolute atomic E-state index is 15.9. The van der Waals surface area contributed by atoms with Crippen molar-refractivity contribution in [3.8, 4) is 17.3 Å². The Kier molecular flexibility index (Phi) is 7.73. The number of ether oxygens (including phenoxy) is 1. The lowest BCUT2D eigenvalue weighted by atomic mass is 10.0. The van der Waals surface area contributed by atoms with Crippen LogP contribution in [0.5, 0.6) is 0 Å². The highest BCUT2D eigenvalue weighted by atomic mass is 32.1. The molecule has 0 spiro atoms. The van der Waals surface area contributed by atoms with E-state index in [2.05, 4.69) is 11.1 Å². The minimum Gasteiger partial charge on any atom is -0.387 e. The molecule has 1 aliphatic heterocycles. The first-order valence-corrected chi connectivity index (χ1v) is 15.2. The number of anilines is 3. The number of piperazine rings is 1. The molecular formula is C32H32F2N6O3S. The second-order valence-electron chi connectivity index (χ2n) is 11.5. The van der Waals surface area contributed by atoms with Gasteiger partial charge in [-0.05, 0) is 63.1 Å². The minimum atomic E-state index is -0.925. The van der Waals surface area contributed by atoms with Crippen molar-refractivity contribution >= 4 is 44.7 Å². The number of carbonyl (C=O) groups is 1. The van der Waals surface area contributed by atoms with Crippen molar-refractivity contribution < 1.29 is 23.4 Å². The van der Waals surface area contributed by atoms with E-state index < -0.39 is 17.5 Å². The van der Waals surface area contributed by atoms with E-state index in [0.29, 0.717) is 82.7 Å². The first-order chi connectivity index (χ1) is 21.0. The highest BCUT2D eigenvalue weighted by Crippen LogP contribution is 2.45. The molecule has 2 aromatic heterocycles. The summed E-state index contributed by atoms with van der Waals surface area (Å²) in [6, 6.07) is 11.4. The number of hydrogen-bond donors (Lipinski definition) is 1. The van der Waals surface area contributed by atoms with Crippen LogP contribution in [0.2, 0.25) is 0 Å². The van der Waals surface area contributed by atoms with Gasteiger partial charge in [0.15, 0.2) is 10.9 Å². The van der Waals surface area contributed by atoms with Crippen molar-refractivity contribution in [3.05, 3.63) is 64.2 Å². The number of aliphatic hydroxyl groups excluding tert-OH is 1. The highest BCUT2D eigenvalue weighted by Gasteiger charge is 2.35. The standard InChI is InChI=1S/C32H32F2N6O3S/c1-32(2,43-4)30(42)40-13-11-39(12-14-40)20-15-22-27(23(34)16-20)36-28-21(9-10-24(28)41)29(22)38(3)31-37-26(25(17-35)44-31)18-5-7-19(33)8-6-18/h5-8,15-16,24,41H,9-14H2,1-4H3. The van der Waals surface area contributed by atoms with E-state index in [-0.39, 0.29) is 17.2 Å². The first-order valence-electron chi connectivity index (χ1n) is 14.4. The van der Waals surface area contributed by atoms with Crippen LogP contribution in [0.3, 0.4) is 0 Å². The Morgan fingerprint density at radius 1 is 1.16 bits per heavy atom. The predicted octanol–water partition coefficient (Wildman–Crippen LogP) is 5.33. The van der Waals surface area contributed by atoms with Gasteiger partial charge in [-0.2, -0.15) is 5.26 Å². The van der Waals surface area contributed by atoms with Crippen LogP contribution in [0.15, 0.2) is 36.4 Å². The van der Waals surface area contributed by atoms with Crippen LogP contribution in [0.25, 0.3) is 22.2 Å². The molecule has 1 amide bonds. The fraction of sp³-hybridized carbons (Fsp3) is 0.375. The molecule has 6 rings (SSSR count). The number of benzene rings is 2. The molecule has 1 unspecified atom stereocenters. The fourth-order valence-electron chi connectivity index (χ4n) is 5.92. The number of fused-ring (bicyclic) bond motifs is 2. The van der Waals surface area contributed by atoms with Gasteiger partial charge in [0.1, 0.15) is 33.6 Å². The summed E-state index contributed by atoms with van der Waals surface area (Å²) in [6.07, 6.45) is 0.190. The van der Waals surface area contributed by atoms with Crippen molar-refractivity contribution in [1.82, 2.24) is 14.9 Å². The summed E-state index contributed by atoms with van der Waals surface area (Å²) < 4.78 is 34.8. The molecule has 0 radical (unpaired) electrons. The van der Waals surface area contributed by atoms with Crippen LogP contribution in [0.1, 0.15) is 42.5 Å². The summed E-state index contributed by atoms with van der Waals surface area (Å²) in [5.74, 6) is -0.995. The molecule has 1 aliphatic carbocycles. The molecule has 1 saturated heterocycles. The number of nitriles is 1. The molecule has 44 heavy (non-hydrogen) atoms. The minimum absolute atomic E-state index is 0.0910. The number of carbonyl (C=O) groups excluding carboxylic acids is 1. The molecule has 0 bridgehead atoms. The van der Waals surface area contributed by atoms with Gasteiger partial charge in [-0.3, -0.25) is 4.79 Å². The Labute approximate surface area is 257 Å². The summed E-state index contributed by atoms with van der Waals surface area (Å²) >= 11 is 1.18. The van der Waals surface area contributed by atoms with Crippen LogP contribution >= 0.6 is 11.3 Å². The van der Waals surface area contributed by atoms with Crippen molar-refractivity contribution in [2.45, 2.75) is 38.4 Å². The Morgan fingerprint density at radius 2 is 1.86 bits per heavy atom. The lowest BCUT2D eigenvalue weighted by Gasteiger charge is -2.39. The smallest absolute Gasteiger partial charge is 0.254 e. The topological polar surface area (TPSA) is 106 Å². The van der Waals surface area contributed by atoms with Crippen LogP contribution < -0.4 is 9.80 Å². The number of rotatable bonds is 6.